The summed E-state index contributed by atoms with van der Waals surface area (Å²) in [5.74, 6) is -0.880. The van der Waals surface area contributed by atoms with Crippen molar-refractivity contribution in [2.24, 2.45) is 0 Å². The van der Waals surface area contributed by atoms with Crippen molar-refractivity contribution < 1.29 is 42.6 Å². The number of hydrogen-bond donors (Lipinski definition) is 2. The molecule has 1 unspecified atom stereocenters. The molecule has 0 aliphatic carbocycles. The lowest BCUT2D eigenvalue weighted by atomic mass is 9.84. The molecule has 14 nitrogen and oxygen atoms in total. The first-order valence-electron chi connectivity index (χ1n) is 18.4. The molecule has 3 aromatic heterocycles. The van der Waals surface area contributed by atoms with Crippen LogP contribution in [-0.2, 0) is 25.5 Å². The van der Waals surface area contributed by atoms with Crippen LogP contribution in [0.25, 0.3) is 27.8 Å². The summed E-state index contributed by atoms with van der Waals surface area (Å²) in [5.41, 5.74) is 8.35. The fourth-order valence-corrected chi connectivity index (χ4v) is 8.31. The summed E-state index contributed by atoms with van der Waals surface area (Å²) in [4.78, 5) is 53.0. The second-order valence-corrected chi connectivity index (χ2v) is 15.6. The molecule has 4 heterocycles. The first kappa shape index (κ1) is 38.7. The fraction of sp³-hybridized carbons (Fsp3) is 0.317. The van der Waals surface area contributed by atoms with E-state index in [1.54, 1.807) is 28.8 Å². The maximum atomic E-state index is 14.3. The second kappa shape index (κ2) is 15.9. The zero-order valence-electron chi connectivity index (χ0n) is 32.1. The normalized spacial score (nSPS) is 14.6. The summed E-state index contributed by atoms with van der Waals surface area (Å²) in [7, 11) is -3.29. The summed E-state index contributed by atoms with van der Waals surface area (Å²) in [5, 5.41) is 8.80. The highest BCUT2D eigenvalue weighted by Gasteiger charge is 2.32. The number of hydrogen-bond acceptors (Lipinski definition) is 11. The van der Waals surface area contributed by atoms with Gasteiger partial charge in [-0.3, -0.25) is 9.42 Å². The van der Waals surface area contributed by atoms with Gasteiger partial charge in [-0.2, -0.15) is 5.10 Å². The molecule has 292 valence electrons. The Kier molecular flexibility index (Phi) is 11.0. The van der Waals surface area contributed by atoms with Gasteiger partial charge in [-0.05, 0) is 116 Å². The Bertz CT molecular complexity index is 2490. The highest BCUT2D eigenvalue weighted by atomic mass is 31.2. The van der Waals surface area contributed by atoms with Crippen molar-refractivity contribution in [2.75, 3.05) is 20.2 Å². The van der Waals surface area contributed by atoms with Crippen molar-refractivity contribution >= 4 is 36.4 Å². The van der Waals surface area contributed by atoms with Crippen LogP contribution in [0.5, 0.6) is 11.5 Å². The Morgan fingerprint density at radius 3 is 2.43 bits per heavy atom. The van der Waals surface area contributed by atoms with Crippen molar-refractivity contribution in [3.8, 4) is 22.8 Å². The molecule has 7 rings (SSSR count). The molecular formula is C41H44N5O9P. The molecule has 0 radical (unpaired) electrons. The van der Waals surface area contributed by atoms with E-state index in [4.69, 9.17) is 23.6 Å². The van der Waals surface area contributed by atoms with E-state index in [9.17, 15) is 19.0 Å². The van der Waals surface area contributed by atoms with E-state index in [-0.39, 0.29) is 29.6 Å². The molecule has 0 saturated carbocycles. The summed E-state index contributed by atoms with van der Waals surface area (Å²) in [6.07, 6.45) is 4.44. The third-order valence-electron chi connectivity index (χ3n) is 10.4. The Morgan fingerprint density at radius 2 is 1.71 bits per heavy atom. The fourth-order valence-electron chi connectivity index (χ4n) is 7.54. The van der Waals surface area contributed by atoms with E-state index in [0.29, 0.717) is 28.3 Å². The number of nitrogens with one attached hydrogen (secondary N) is 1. The maximum Gasteiger partial charge on any atom is 0.527 e. The molecule has 1 atom stereocenters. The molecule has 0 bridgehead atoms. The third-order valence-corrected chi connectivity index (χ3v) is 11.3. The monoisotopic (exact) mass is 781 g/mol. The average Bonchev–Trinajstić information content (AvgIpc) is 3.82. The number of fused-ring (bicyclic) bond motifs is 2. The van der Waals surface area contributed by atoms with E-state index < -0.39 is 19.9 Å². The molecule has 0 amide bonds. The number of pyridine rings is 1. The number of nitrogens with zero attached hydrogens (tertiary/aromatic N) is 4. The minimum absolute atomic E-state index is 0.0246. The molecule has 15 heteroatoms. The minimum Gasteiger partial charge on any atom is -0.493 e. The summed E-state index contributed by atoms with van der Waals surface area (Å²) in [6.45, 7) is 11.9. The van der Waals surface area contributed by atoms with Gasteiger partial charge >= 0.3 is 19.9 Å². The first-order chi connectivity index (χ1) is 26.9. The van der Waals surface area contributed by atoms with E-state index in [2.05, 4.69) is 42.2 Å². The van der Waals surface area contributed by atoms with E-state index in [1.807, 2.05) is 32.2 Å². The van der Waals surface area contributed by atoms with Gasteiger partial charge in [-0.15, -0.1) is 0 Å². The van der Waals surface area contributed by atoms with E-state index in [1.165, 1.54) is 41.8 Å². The predicted octanol–water partition coefficient (Wildman–Crippen LogP) is 8.33. The van der Waals surface area contributed by atoms with Crippen molar-refractivity contribution in [1.82, 2.24) is 24.5 Å². The molecule has 3 aromatic carbocycles. The number of piperidine rings is 1. The number of methoxy groups -OCH3 is 1. The standard InChI is InChI=1S/C41H44N5O9P/c1-24(2)36-37-27(5)31(29-16-18-42-19-17-29)13-14-33(37)46(38(36)32-21-45-39(43-23-44-45)26(4)25(32)3)41(48)54-53-40(47)30-12-15-34(35(20-30)51-6)55-56(49,50)52-22-28-10-8-7-9-11-28/h7-15,20-21,23-24,29,42H,16-19,22H2,1-6H3,(H,49,50). The Hall–Kier alpha value is -5.53. The highest BCUT2D eigenvalue weighted by molar-refractivity contribution is 7.47. The van der Waals surface area contributed by atoms with Gasteiger partial charge in [0.25, 0.3) is 0 Å². The number of carbonyl (C=O) groups is 2. The summed E-state index contributed by atoms with van der Waals surface area (Å²) < 4.78 is 31.6. The van der Waals surface area contributed by atoms with Crippen LogP contribution in [0.2, 0.25) is 0 Å². The smallest absolute Gasteiger partial charge is 0.493 e. The lowest BCUT2D eigenvalue weighted by Gasteiger charge is -2.25. The van der Waals surface area contributed by atoms with Crippen LogP contribution in [0, 0.1) is 20.8 Å². The molecule has 0 spiro atoms. The number of aromatic nitrogens is 4. The van der Waals surface area contributed by atoms with Gasteiger partial charge < -0.3 is 14.6 Å². The van der Waals surface area contributed by atoms with Crippen LogP contribution in [0.15, 0.2) is 73.2 Å². The lowest BCUT2D eigenvalue weighted by molar-refractivity contribution is -0.182. The number of phosphoric acid groups is 1. The van der Waals surface area contributed by atoms with Gasteiger partial charge in [-0.1, -0.05) is 50.2 Å². The molecular weight excluding hydrogens is 737 g/mol. The van der Waals surface area contributed by atoms with Gasteiger partial charge in [0.1, 0.15) is 6.33 Å². The quantitative estimate of drug-likeness (QED) is 0.0777. The average molecular weight is 782 g/mol. The molecule has 1 saturated heterocycles. The van der Waals surface area contributed by atoms with Gasteiger partial charge in [0.2, 0.25) is 0 Å². The Labute approximate surface area is 323 Å². The number of carbonyl (C=O) groups excluding carboxylic acids is 2. The van der Waals surface area contributed by atoms with Crippen molar-refractivity contribution in [3.63, 3.8) is 0 Å². The van der Waals surface area contributed by atoms with Crippen molar-refractivity contribution in [2.45, 2.75) is 65.9 Å². The zero-order valence-corrected chi connectivity index (χ0v) is 33.0. The molecule has 1 fully saturated rings. The molecule has 6 aromatic rings. The van der Waals surface area contributed by atoms with Gasteiger partial charge in [-0.25, -0.2) is 38.0 Å². The largest absolute Gasteiger partial charge is 0.527 e. The van der Waals surface area contributed by atoms with Gasteiger partial charge in [0.15, 0.2) is 17.1 Å². The van der Waals surface area contributed by atoms with Crippen LogP contribution in [0.4, 0.5) is 4.79 Å². The van der Waals surface area contributed by atoms with Crippen LogP contribution >= 0.6 is 7.82 Å². The number of rotatable bonds is 10. The Morgan fingerprint density at radius 1 is 0.964 bits per heavy atom. The zero-order chi connectivity index (χ0) is 39.7. The summed E-state index contributed by atoms with van der Waals surface area (Å²) in [6, 6.07) is 16.6. The van der Waals surface area contributed by atoms with Crippen LogP contribution in [0.1, 0.15) is 82.3 Å². The summed E-state index contributed by atoms with van der Waals surface area (Å²) >= 11 is 0. The Balaban J connectivity index is 1.21. The van der Waals surface area contributed by atoms with E-state index in [0.717, 1.165) is 59.1 Å². The number of ether oxygens (including phenoxy) is 1. The number of benzene rings is 3. The molecule has 1 aliphatic heterocycles. The first-order valence-corrected chi connectivity index (χ1v) is 19.9. The SMILES string of the molecule is COc1cc(C(=O)OOC(=O)n2c(-c3cn4ncnc4c(C)c3C)c(C(C)C)c3c(C)c(C4CCNCC4)ccc32)ccc1OP(=O)(O)OCc1ccccc1. The number of aryl methyl sites for hydroxylation is 2. The third kappa shape index (κ3) is 7.53. The van der Waals surface area contributed by atoms with Crippen molar-refractivity contribution in [1.29, 1.82) is 0 Å². The maximum absolute atomic E-state index is 14.3. The molecule has 2 N–H and O–H groups in total. The van der Waals surface area contributed by atoms with Crippen molar-refractivity contribution in [3.05, 3.63) is 112 Å². The van der Waals surface area contributed by atoms with Gasteiger partial charge in [0.05, 0.1) is 30.5 Å². The molecule has 56 heavy (non-hydrogen) atoms. The second-order valence-electron chi connectivity index (χ2n) is 14.2. The number of phosphoric ester groups is 1. The van der Waals surface area contributed by atoms with E-state index >= 15 is 0 Å². The topological polar surface area (TPSA) is 165 Å². The minimum atomic E-state index is -4.59. The van der Waals surface area contributed by atoms with Crippen LogP contribution < -0.4 is 14.6 Å². The van der Waals surface area contributed by atoms with Crippen LogP contribution in [0.3, 0.4) is 0 Å². The lowest BCUT2D eigenvalue weighted by Crippen LogP contribution is -2.27. The highest BCUT2D eigenvalue weighted by Crippen LogP contribution is 2.48. The predicted molar refractivity (Wildman–Crippen MR) is 209 cm³/mol. The molecule has 1 aliphatic rings. The van der Waals surface area contributed by atoms with Gasteiger partial charge in [0, 0.05) is 17.1 Å². The van der Waals surface area contributed by atoms with Crippen LogP contribution in [-0.4, -0.2) is 56.3 Å².